The van der Waals surface area contributed by atoms with E-state index in [0.717, 1.165) is 11.1 Å². The molecule has 4 nitrogen and oxygen atoms in total. The van der Waals surface area contributed by atoms with E-state index in [9.17, 15) is 4.79 Å². The molecule has 3 rings (SSSR count). The van der Waals surface area contributed by atoms with Crippen molar-refractivity contribution < 1.29 is 13.9 Å². The zero-order chi connectivity index (χ0) is 15.2. The molecule has 0 amide bonds. The number of nitrogens with zero attached hydrogens (tertiary/aromatic N) is 1. The van der Waals surface area contributed by atoms with Crippen LogP contribution in [0.2, 0.25) is 0 Å². The van der Waals surface area contributed by atoms with Gasteiger partial charge in [0.2, 0.25) is 5.76 Å². The van der Waals surface area contributed by atoms with E-state index in [4.69, 9.17) is 9.15 Å². The topological polar surface area (TPSA) is 52.3 Å². The highest BCUT2D eigenvalue weighted by Gasteiger charge is 2.10. The largest absolute Gasteiger partial charge is 0.457 e. The second-order valence-corrected chi connectivity index (χ2v) is 4.55. The minimum Gasteiger partial charge on any atom is -0.457 e. The number of esters is 1. The van der Waals surface area contributed by atoms with Crippen LogP contribution in [-0.4, -0.2) is 11.0 Å². The monoisotopic (exact) mass is 291 g/mol. The first kappa shape index (κ1) is 13.8. The van der Waals surface area contributed by atoms with Gasteiger partial charge in [0.05, 0.1) is 6.26 Å². The van der Waals surface area contributed by atoms with E-state index in [1.165, 1.54) is 6.26 Å². The van der Waals surface area contributed by atoms with Crippen LogP contribution in [0.3, 0.4) is 0 Å². The number of rotatable bonds is 4. The Kier molecular flexibility index (Phi) is 4.11. The van der Waals surface area contributed by atoms with Crippen LogP contribution in [0.25, 0.3) is 12.2 Å². The van der Waals surface area contributed by atoms with Crippen LogP contribution in [0.15, 0.2) is 71.6 Å². The second kappa shape index (κ2) is 6.54. The predicted molar refractivity (Wildman–Crippen MR) is 83.3 cm³/mol. The summed E-state index contributed by atoms with van der Waals surface area (Å²) in [6, 6.07) is 14.3. The predicted octanol–water partition coefficient (Wildman–Crippen LogP) is 4.06. The molecule has 3 aromatic rings. The molecular formula is C18H13NO3. The highest BCUT2D eigenvalue weighted by molar-refractivity contribution is 5.88. The number of carbonyl (C=O) groups is 1. The Balaban J connectivity index is 1.65. The van der Waals surface area contributed by atoms with Gasteiger partial charge in [-0.2, -0.15) is 0 Å². The second-order valence-electron chi connectivity index (χ2n) is 4.55. The average molecular weight is 291 g/mol. The number of hydrogen-bond acceptors (Lipinski definition) is 4. The standard InChI is InChI=1S/C18H13NO3/c20-18(17-2-1-13-21-17)22-16-7-5-14(6-8-16)3-4-15-9-11-19-12-10-15/h1-13H/b4-3+. The van der Waals surface area contributed by atoms with Gasteiger partial charge in [0.15, 0.2) is 0 Å². The molecule has 2 heterocycles. The number of pyridine rings is 1. The molecule has 1 aromatic carbocycles. The summed E-state index contributed by atoms with van der Waals surface area (Å²) in [6.45, 7) is 0. The summed E-state index contributed by atoms with van der Waals surface area (Å²) in [4.78, 5) is 15.7. The Morgan fingerprint density at radius 3 is 2.27 bits per heavy atom. The van der Waals surface area contributed by atoms with Gasteiger partial charge in [-0.15, -0.1) is 0 Å². The third-order valence-electron chi connectivity index (χ3n) is 2.99. The quantitative estimate of drug-likeness (QED) is 0.537. The van der Waals surface area contributed by atoms with E-state index in [1.54, 1.807) is 36.7 Å². The van der Waals surface area contributed by atoms with Gasteiger partial charge in [-0.3, -0.25) is 4.98 Å². The van der Waals surface area contributed by atoms with Gasteiger partial charge >= 0.3 is 5.97 Å². The first-order valence-corrected chi connectivity index (χ1v) is 6.75. The fourth-order valence-corrected chi connectivity index (χ4v) is 1.87. The number of carbonyl (C=O) groups excluding carboxylic acids is 1. The molecule has 2 aromatic heterocycles. The number of ether oxygens (including phenoxy) is 1. The van der Waals surface area contributed by atoms with Crippen LogP contribution in [-0.2, 0) is 0 Å². The minimum atomic E-state index is -0.509. The van der Waals surface area contributed by atoms with E-state index < -0.39 is 5.97 Å². The first-order chi connectivity index (χ1) is 10.8. The third-order valence-corrected chi connectivity index (χ3v) is 2.99. The SMILES string of the molecule is O=C(Oc1ccc(/C=C/c2ccncc2)cc1)c1ccco1. The molecule has 22 heavy (non-hydrogen) atoms. The fourth-order valence-electron chi connectivity index (χ4n) is 1.87. The Hall–Kier alpha value is -3.14. The van der Waals surface area contributed by atoms with Crippen molar-refractivity contribution in [3.63, 3.8) is 0 Å². The summed E-state index contributed by atoms with van der Waals surface area (Å²) in [5.41, 5.74) is 2.08. The van der Waals surface area contributed by atoms with Crippen molar-refractivity contribution in [2.24, 2.45) is 0 Å². The molecule has 0 bridgehead atoms. The van der Waals surface area contributed by atoms with Gasteiger partial charge in [-0.1, -0.05) is 24.3 Å². The van der Waals surface area contributed by atoms with Gasteiger partial charge in [-0.05, 0) is 47.5 Å². The third kappa shape index (κ3) is 3.49. The van der Waals surface area contributed by atoms with Crippen LogP contribution in [0.5, 0.6) is 5.75 Å². The molecule has 108 valence electrons. The molecule has 0 saturated heterocycles. The first-order valence-electron chi connectivity index (χ1n) is 6.75. The number of aromatic nitrogens is 1. The van der Waals surface area contributed by atoms with Crippen molar-refractivity contribution in [2.75, 3.05) is 0 Å². The number of hydrogen-bond donors (Lipinski definition) is 0. The Labute approximate surface area is 127 Å². The highest BCUT2D eigenvalue weighted by Crippen LogP contribution is 2.16. The lowest BCUT2D eigenvalue weighted by molar-refractivity contribution is 0.0701. The van der Waals surface area contributed by atoms with E-state index in [-0.39, 0.29) is 5.76 Å². The molecular weight excluding hydrogens is 278 g/mol. The molecule has 0 saturated carbocycles. The number of benzene rings is 1. The molecule has 0 spiro atoms. The minimum absolute atomic E-state index is 0.182. The Bertz CT molecular complexity index is 760. The fraction of sp³-hybridized carbons (Fsp3) is 0. The van der Waals surface area contributed by atoms with Crippen molar-refractivity contribution in [3.05, 3.63) is 84.1 Å². The summed E-state index contributed by atoms with van der Waals surface area (Å²) in [5.74, 6) is 0.147. The molecule has 0 atom stereocenters. The Morgan fingerprint density at radius 1 is 0.955 bits per heavy atom. The lowest BCUT2D eigenvalue weighted by atomic mass is 10.1. The zero-order valence-electron chi connectivity index (χ0n) is 11.7. The van der Waals surface area contributed by atoms with Crippen molar-refractivity contribution in [1.82, 2.24) is 4.98 Å². The van der Waals surface area contributed by atoms with Crippen molar-refractivity contribution in [1.29, 1.82) is 0 Å². The molecule has 0 N–H and O–H groups in total. The summed E-state index contributed by atoms with van der Waals surface area (Å²) >= 11 is 0. The normalized spacial score (nSPS) is 10.7. The number of furan rings is 1. The maximum Gasteiger partial charge on any atom is 0.379 e. The van der Waals surface area contributed by atoms with E-state index >= 15 is 0 Å². The lowest BCUT2D eigenvalue weighted by Gasteiger charge is -2.02. The highest BCUT2D eigenvalue weighted by atomic mass is 16.5. The lowest BCUT2D eigenvalue weighted by Crippen LogP contribution is -2.06. The molecule has 0 aliphatic rings. The van der Waals surface area contributed by atoms with Gasteiger partial charge < -0.3 is 9.15 Å². The van der Waals surface area contributed by atoms with Crippen LogP contribution in [0, 0.1) is 0 Å². The molecule has 0 radical (unpaired) electrons. The zero-order valence-corrected chi connectivity index (χ0v) is 11.7. The van der Waals surface area contributed by atoms with Crippen LogP contribution >= 0.6 is 0 Å². The summed E-state index contributed by atoms with van der Waals surface area (Å²) in [6.07, 6.45) is 8.90. The Morgan fingerprint density at radius 2 is 1.64 bits per heavy atom. The van der Waals surface area contributed by atoms with Crippen LogP contribution in [0.4, 0.5) is 0 Å². The van der Waals surface area contributed by atoms with Crippen LogP contribution in [0.1, 0.15) is 21.7 Å². The summed E-state index contributed by atoms with van der Waals surface area (Å²) in [5, 5.41) is 0. The van der Waals surface area contributed by atoms with E-state index in [2.05, 4.69) is 4.98 Å². The smallest absolute Gasteiger partial charge is 0.379 e. The van der Waals surface area contributed by atoms with Crippen molar-refractivity contribution in [2.45, 2.75) is 0 Å². The van der Waals surface area contributed by atoms with Gasteiger partial charge in [0.1, 0.15) is 5.75 Å². The maximum absolute atomic E-state index is 11.7. The summed E-state index contributed by atoms with van der Waals surface area (Å²) < 4.78 is 10.2. The van der Waals surface area contributed by atoms with Crippen molar-refractivity contribution >= 4 is 18.1 Å². The van der Waals surface area contributed by atoms with Gasteiger partial charge in [0, 0.05) is 12.4 Å². The molecule has 0 aliphatic heterocycles. The molecule has 4 heteroatoms. The molecule has 0 fully saturated rings. The summed E-state index contributed by atoms with van der Waals surface area (Å²) in [7, 11) is 0. The molecule has 0 aliphatic carbocycles. The van der Waals surface area contributed by atoms with Crippen molar-refractivity contribution in [3.8, 4) is 5.75 Å². The van der Waals surface area contributed by atoms with Gasteiger partial charge in [0.25, 0.3) is 0 Å². The van der Waals surface area contributed by atoms with Crippen LogP contribution < -0.4 is 4.74 Å². The maximum atomic E-state index is 11.7. The average Bonchev–Trinajstić information content (AvgIpc) is 3.10. The molecule has 0 unspecified atom stereocenters. The van der Waals surface area contributed by atoms with E-state index in [1.807, 2.05) is 36.4 Å². The van der Waals surface area contributed by atoms with Gasteiger partial charge in [-0.25, -0.2) is 4.79 Å². The van der Waals surface area contributed by atoms with E-state index in [0.29, 0.717) is 5.75 Å².